The molecule has 2 unspecified atom stereocenters. The second-order valence-corrected chi connectivity index (χ2v) is 7.96. The van der Waals surface area contributed by atoms with Crippen LogP contribution in [-0.2, 0) is 16.0 Å². The number of hydrogen-bond acceptors (Lipinski definition) is 3. The summed E-state index contributed by atoms with van der Waals surface area (Å²) in [6.45, 7) is 0. The number of aromatic nitrogens is 1. The van der Waals surface area contributed by atoms with E-state index in [9.17, 15) is 21.6 Å². The molecule has 0 amide bonds. The van der Waals surface area contributed by atoms with Gasteiger partial charge < -0.3 is 0 Å². The summed E-state index contributed by atoms with van der Waals surface area (Å²) in [6, 6.07) is 2.31. The summed E-state index contributed by atoms with van der Waals surface area (Å²) in [4.78, 5) is 3.86. The van der Waals surface area contributed by atoms with E-state index in [1.54, 1.807) is 6.08 Å². The maximum Gasteiger partial charge on any atom is 0.417 e. The van der Waals surface area contributed by atoms with Gasteiger partial charge in [-0.3, -0.25) is 4.98 Å². The lowest BCUT2D eigenvalue weighted by atomic mass is 9.96. The second-order valence-electron chi connectivity index (χ2n) is 5.51. The van der Waals surface area contributed by atoms with Crippen LogP contribution in [0.1, 0.15) is 36.9 Å². The molecule has 2 atom stereocenters. The summed E-state index contributed by atoms with van der Waals surface area (Å²) in [5.74, 6) is 0. The lowest BCUT2D eigenvalue weighted by molar-refractivity contribution is -0.137. The van der Waals surface area contributed by atoms with Crippen LogP contribution in [-0.4, -0.2) is 23.9 Å². The predicted molar refractivity (Wildman–Crippen MR) is 72.2 cm³/mol. The summed E-state index contributed by atoms with van der Waals surface area (Å²) < 4.78 is 61.8. The van der Waals surface area contributed by atoms with E-state index in [2.05, 4.69) is 4.98 Å². The van der Waals surface area contributed by atoms with Crippen molar-refractivity contribution in [3.05, 3.63) is 35.7 Å². The topological polar surface area (TPSA) is 47.0 Å². The molecule has 21 heavy (non-hydrogen) atoms. The Morgan fingerprint density at radius 2 is 1.95 bits per heavy atom. The van der Waals surface area contributed by atoms with E-state index in [0.29, 0.717) is 25.0 Å². The zero-order valence-corrected chi connectivity index (χ0v) is 11.9. The van der Waals surface area contributed by atoms with Crippen molar-refractivity contribution in [1.82, 2.24) is 4.98 Å². The molecule has 3 nitrogen and oxygen atoms in total. The summed E-state index contributed by atoms with van der Waals surface area (Å²) >= 11 is 0. The molecule has 1 saturated heterocycles. The van der Waals surface area contributed by atoms with Crippen LogP contribution in [0, 0.1) is 0 Å². The SMILES string of the molecule is O=S1(=O)C2C=C(c3ccc(C(F)(F)F)cn3)CC1CCC2. The van der Waals surface area contributed by atoms with Gasteiger partial charge in [-0.2, -0.15) is 13.2 Å². The molecular formula is C14H14F3NO2S. The van der Waals surface area contributed by atoms with Gasteiger partial charge in [0.05, 0.1) is 21.8 Å². The number of pyridine rings is 1. The van der Waals surface area contributed by atoms with E-state index >= 15 is 0 Å². The quantitative estimate of drug-likeness (QED) is 0.799. The van der Waals surface area contributed by atoms with Crippen LogP contribution < -0.4 is 0 Å². The Balaban J connectivity index is 1.93. The number of hydrogen-bond donors (Lipinski definition) is 0. The van der Waals surface area contributed by atoms with Crippen molar-refractivity contribution in [2.24, 2.45) is 0 Å². The van der Waals surface area contributed by atoms with E-state index in [-0.39, 0.29) is 0 Å². The number of nitrogens with zero attached hydrogens (tertiary/aromatic N) is 1. The zero-order chi connectivity index (χ0) is 15.3. The van der Waals surface area contributed by atoms with Crippen molar-refractivity contribution < 1.29 is 21.6 Å². The summed E-state index contributed by atoms with van der Waals surface area (Å²) in [7, 11) is -3.12. The van der Waals surface area contributed by atoms with Crippen LogP contribution in [0.2, 0.25) is 0 Å². The molecule has 0 saturated carbocycles. The molecule has 1 aromatic rings. The highest BCUT2D eigenvalue weighted by Gasteiger charge is 2.40. The summed E-state index contributed by atoms with van der Waals surface area (Å²) in [5.41, 5.74) is 0.388. The van der Waals surface area contributed by atoms with E-state index < -0.39 is 32.1 Å². The Bertz CT molecular complexity index is 677. The Morgan fingerprint density at radius 1 is 1.19 bits per heavy atom. The molecule has 0 spiro atoms. The minimum Gasteiger partial charge on any atom is -0.256 e. The molecule has 7 heteroatoms. The van der Waals surface area contributed by atoms with Crippen LogP contribution in [0.4, 0.5) is 13.2 Å². The number of rotatable bonds is 1. The fourth-order valence-corrected chi connectivity index (χ4v) is 5.25. The minimum absolute atomic E-state index is 0.344. The molecular weight excluding hydrogens is 303 g/mol. The maximum absolute atomic E-state index is 12.5. The molecule has 2 bridgehead atoms. The van der Waals surface area contributed by atoms with Crippen LogP contribution >= 0.6 is 0 Å². The van der Waals surface area contributed by atoms with Crippen molar-refractivity contribution in [1.29, 1.82) is 0 Å². The van der Waals surface area contributed by atoms with Crippen molar-refractivity contribution >= 4 is 15.4 Å². The Hall–Kier alpha value is -1.37. The molecule has 0 aromatic carbocycles. The highest BCUT2D eigenvalue weighted by Crippen LogP contribution is 2.39. The summed E-state index contributed by atoms with van der Waals surface area (Å²) in [5, 5.41) is -0.926. The Morgan fingerprint density at radius 3 is 2.52 bits per heavy atom. The van der Waals surface area contributed by atoms with E-state index in [4.69, 9.17) is 0 Å². The molecule has 0 radical (unpaired) electrons. The first-order valence-electron chi connectivity index (χ1n) is 6.75. The Kier molecular flexibility index (Phi) is 3.35. The van der Waals surface area contributed by atoms with Gasteiger partial charge in [0.2, 0.25) is 0 Å². The molecule has 3 heterocycles. The van der Waals surface area contributed by atoms with Gasteiger partial charge in [0.25, 0.3) is 0 Å². The molecule has 1 aromatic heterocycles. The average Bonchev–Trinajstić information content (AvgIpc) is 2.36. The predicted octanol–water partition coefficient (Wildman–Crippen LogP) is 3.22. The minimum atomic E-state index is -4.41. The summed E-state index contributed by atoms with van der Waals surface area (Å²) in [6.07, 6.45) is 0.484. The lowest BCUT2D eigenvalue weighted by Crippen LogP contribution is -2.38. The van der Waals surface area contributed by atoms with Crippen LogP contribution in [0.25, 0.3) is 5.57 Å². The standard InChI is InChI=1S/C14H14F3NO2S/c15-14(16,17)10-4-5-13(18-8-10)9-6-11-2-1-3-12(7-9)21(11,19)20/h4-6,8,11-12H,1-3,7H2. The monoisotopic (exact) mass is 317 g/mol. The zero-order valence-electron chi connectivity index (χ0n) is 11.1. The smallest absolute Gasteiger partial charge is 0.256 e. The van der Waals surface area contributed by atoms with Gasteiger partial charge in [-0.15, -0.1) is 0 Å². The molecule has 1 fully saturated rings. The Labute approximate surface area is 120 Å². The highest BCUT2D eigenvalue weighted by atomic mass is 32.2. The number of fused-ring (bicyclic) bond motifs is 2. The van der Waals surface area contributed by atoms with Crippen molar-refractivity contribution in [3.63, 3.8) is 0 Å². The maximum atomic E-state index is 12.5. The van der Waals surface area contributed by atoms with Crippen molar-refractivity contribution in [2.45, 2.75) is 42.4 Å². The van der Waals surface area contributed by atoms with Crippen LogP contribution in [0.5, 0.6) is 0 Å². The van der Waals surface area contributed by atoms with Crippen molar-refractivity contribution in [3.8, 4) is 0 Å². The number of allylic oxidation sites excluding steroid dienone is 1. The first-order valence-corrected chi connectivity index (χ1v) is 8.36. The fraction of sp³-hybridized carbons (Fsp3) is 0.500. The average molecular weight is 317 g/mol. The van der Waals surface area contributed by atoms with E-state index in [1.165, 1.54) is 6.07 Å². The molecule has 3 rings (SSSR count). The first-order chi connectivity index (χ1) is 9.78. The normalized spacial score (nSPS) is 28.0. The van der Waals surface area contributed by atoms with E-state index in [1.807, 2.05) is 0 Å². The van der Waals surface area contributed by atoms with Gasteiger partial charge in [0, 0.05) is 6.20 Å². The third-order valence-corrected chi connectivity index (χ3v) is 6.70. The molecule has 0 N–H and O–H groups in total. The third kappa shape index (κ3) is 2.59. The lowest BCUT2D eigenvalue weighted by Gasteiger charge is -2.33. The van der Waals surface area contributed by atoms with Crippen molar-refractivity contribution in [2.75, 3.05) is 0 Å². The highest BCUT2D eigenvalue weighted by molar-refractivity contribution is 7.93. The number of sulfone groups is 1. The van der Waals surface area contributed by atoms with Gasteiger partial charge in [0.15, 0.2) is 9.84 Å². The molecule has 2 aliphatic rings. The van der Waals surface area contributed by atoms with Crippen LogP contribution in [0.15, 0.2) is 24.4 Å². The van der Waals surface area contributed by atoms with E-state index in [0.717, 1.165) is 24.3 Å². The fourth-order valence-electron chi connectivity index (χ4n) is 3.00. The second kappa shape index (κ2) is 4.83. The van der Waals surface area contributed by atoms with Gasteiger partial charge >= 0.3 is 6.18 Å². The van der Waals surface area contributed by atoms with Gasteiger partial charge in [-0.25, -0.2) is 8.42 Å². The van der Waals surface area contributed by atoms with Gasteiger partial charge in [-0.05, 0) is 37.0 Å². The van der Waals surface area contributed by atoms with Crippen LogP contribution in [0.3, 0.4) is 0 Å². The number of halogens is 3. The molecule has 2 aliphatic heterocycles. The van der Waals surface area contributed by atoms with Gasteiger partial charge in [0.1, 0.15) is 0 Å². The largest absolute Gasteiger partial charge is 0.417 e. The third-order valence-electron chi connectivity index (χ3n) is 4.16. The molecule has 0 aliphatic carbocycles. The van der Waals surface area contributed by atoms with Gasteiger partial charge in [-0.1, -0.05) is 12.5 Å². The number of alkyl halides is 3. The molecule has 114 valence electrons. The first kappa shape index (κ1) is 14.6.